The van der Waals surface area contributed by atoms with Crippen LogP contribution in [0.1, 0.15) is 36.8 Å². The maximum absolute atomic E-state index is 13.5. The summed E-state index contributed by atoms with van der Waals surface area (Å²) in [6.07, 6.45) is 4.76. The normalized spacial score (nSPS) is 22.6. The zero-order valence-corrected chi connectivity index (χ0v) is 20.2. The minimum atomic E-state index is -0.363. The molecule has 0 bridgehead atoms. The molecule has 6 rings (SSSR count). The van der Waals surface area contributed by atoms with Gasteiger partial charge in [-0.05, 0) is 55.0 Å². The number of fused-ring (bicyclic) bond motifs is 6. The molecule has 4 heterocycles. The molecule has 1 fully saturated rings. The van der Waals surface area contributed by atoms with E-state index in [0.29, 0.717) is 34.1 Å². The minimum Gasteiger partial charge on any atom is -0.496 e. The smallest absolute Gasteiger partial charge is 0.328 e. The first-order chi connectivity index (χ1) is 16.6. The lowest BCUT2D eigenvalue weighted by atomic mass is 9.71. The Bertz CT molecular complexity index is 1490. The molecule has 0 radical (unpaired) electrons. The van der Waals surface area contributed by atoms with Crippen LogP contribution in [0.25, 0.3) is 20.4 Å². The number of methoxy groups -OCH3 is 1. The van der Waals surface area contributed by atoms with E-state index >= 15 is 0 Å². The van der Waals surface area contributed by atoms with Crippen LogP contribution in [-0.4, -0.2) is 34.2 Å². The Labute approximate surface area is 200 Å². The lowest BCUT2D eigenvalue weighted by Gasteiger charge is -2.35. The molecule has 0 amide bonds. The number of hydrogen-bond donors (Lipinski definition) is 2. The van der Waals surface area contributed by atoms with Gasteiger partial charge in [-0.1, -0.05) is 25.5 Å². The van der Waals surface area contributed by atoms with Crippen molar-refractivity contribution in [3.63, 3.8) is 0 Å². The average molecular weight is 477 g/mol. The molecule has 0 saturated carbocycles. The van der Waals surface area contributed by atoms with Crippen molar-refractivity contribution < 1.29 is 4.74 Å². The topological polar surface area (TPSA) is 89.0 Å². The van der Waals surface area contributed by atoms with Gasteiger partial charge in [-0.3, -0.25) is 14.3 Å². The van der Waals surface area contributed by atoms with Crippen molar-refractivity contribution >= 4 is 31.8 Å². The molecule has 1 aromatic carbocycles. The number of nitrogens with one attached hydrogen (secondary N) is 2. The van der Waals surface area contributed by atoms with E-state index in [1.165, 1.54) is 27.0 Å². The molecular weight excluding hydrogens is 448 g/mol. The van der Waals surface area contributed by atoms with Gasteiger partial charge in [-0.25, -0.2) is 4.79 Å². The predicted molar refractivity (Wildman–Crippen MR) is 135 cm³/mol. The van der Waals surface area contributed by atoms with Gasteiger partial charge in [0.2, 0.25) is 0 Å². The van der Waals surface area contributed by atoms with Crippen molar-refractivity contribution in [2.24, 2.45) is 11.8 Å². The number of hydrogen-bond acceptors (Lipinski definition) is 6. The van der Waals surface area contributed by atoms with Gasteiger partial charge in [0, 0.05) is 30.3 Å². The molecule has 2 unspecified atom stereocenters. The Morgan fingerprint density at radius 3 is 2.97 bits per heavy atom. The highest BCUT2D eigenvalue weighted by molar-refractivity contribution is 7.25. The number of aryl methyl sites for hydroxylation is 1. The lowest BCUT2D eigenvalue weighted by Crippen LogP contribution is -2.43. The number of ether oxygens (including phenoxy) is 1. The predicted octanol–water partition coefficient (Wildman–Crippen LogP) is 3.65. The molecule has 7 nitrogen and oxygen atoms in total. The standard InChI is InChI=1S/C26H28N4O3S/c1-3-14(21-20-16(12-28-21)10-9-15-6-4-7-17(33-2)19(15)20)13-30-25(31)24-23(29-26(30)32)22-18(34-24)8-5-11-27-22/h4-8,11,14,16,20-21,28H,3,9-10,12-13H2,1-2H3,(H,29,32)/t14?,16-,20+,21?/m0/s1. The zero-order valence-electron chi connectivity index (χ0n) is 19.3. The number of thiophene rings is 1. The van der Waals surface area contributed by atoms with E-state index in [-0.39, 0.29) is 23.2 Å². The van der Waals surface area contributed by atoms with E-state index in [0.717, 1.165) is 36.3 Å². The summed E-state index contributed by atoms with van der Waals surface area (Å²) in [6.45, 7) is 3.48. The lowest BCUT2D eigenvalue weighted by molar-refractivity contribution is 0.280. The highest BCUT2D eigenvalue weighted by Gasteiger charge is 2.44. The van der Waals surface area contributed by atoms with Gasteiger partial charge in [0.05, 0.1) is 17.3 Å². The third-order valence-electron chi connectivity index (χ3n) is 7.82. The fourth-order valence-corrected chi connectivity index (χ4v) is 7.24. The Balaban J connectivity index is 1.40. The van der Waals surface area contributed by atoms with E-state index in [9.17, 15) is 9.59 Å². The second-order valence-corrected chi connectivity index (χ2v) is 10.5. The maximum atomic E-state index is 13.5. The van der Waals surface area contributed by atoms with E-state index in [1.807, 2.05) is 12.1 Å². The van der Waals surface area contributed by atoms with Crippen molar-refractivity contribution in [3.8, 4) is 5.75 Å². The SMILES string of the molecule is CCC(Cn1c(=O)[nH]c2c(sc3cccnc32)c1=O)C1NC[C@@H]2CCc3cccc(OC)c3[C@H]12. The van der Waals surface area contributed by atoms with Gasteiger partial charge < -0.3 is 15.0 Å². The van der Waals surface area contributed by atoms with Gasteiger partial charge in [-0.2, -0.15) is 0 Å². The summed E-state index contributed by atoms with van der Waals surface area (Å²) in [7, 11) is 1.74. The Morgan fingerprint density at radius 1 is 1.26 bits per heavy atom. The Hall–Kier alpha value is -2.97. The molecule has 176 valence electrons. The van der Waals surface area contributed by atoms with Gasteiger partial charge in [0.1, 0.15) is 16.0 Å². The number of aromatic nitrogens is 3. The van der Waals surface area contributed by atoms with Crippen LogP contribution < -0.4 is 21.3 Å². The molecule has 1 aliphatic heterocycles. The maximum Gasteiger partial charge on any atom is 0.328 e. The molecule has 4 atom stereocenters. The molecule has 1 aliphatic carbocycles. The molecule has 34 heavy (non-hydrogen) atoms. The molecule has 3 aromatic heterocycles. The van der Waals surface area contributed by atoms with Crippen molar-refractivity contribution in [2.75, 3.05) is 13.7 Å². The van der Waals surface area contributed by atoms with Crippen LogP contribution in [0.5, 0.6) is 5.75 Å². The Kier molecular flexibility index (Phi) is 5.30. The molecule has 8 heteroatoms. The number of aromatic amines is 1. The largest absolute Gasteiger partial charge is 0.496 e. The van der Waals surface area contributed by atoms with Crippen LogP contribution in [0.2, 0.25) is 0 Å². The highest BCUT2D eigenvalue weighted by Crippen LogP contribution is 2.47. The first-order valence-corrected chi connectivity index (χ1v) is 12.8. The second kappa shape index (κ2) is 8.36. The minimum absolute atomic E-state index is 0.134. The average Bonchev–Trinajstić information content (AvgIpc) is 3.46. The van der Waals surface area contributed by atoms with Gasteiger partial charge in [-0.15, -0.1) is 11.3 Å². The Morgan fingerprint density at radius 2 is 2.15 bits per heavy atom. The molecule has 2 N–H and O–H groups in total. The zero-order chi connectivity index (χ0) is 23.4. The fourth-order valence-electron chi connectivity index (χ4n) is 6.18. The highest BCUT2D eigenvalue weighted by atomic mass is 32.1. The van der Waals surface area contributed by atoms with E-state index in [2.05, 4.69) is 40.4 Å². The van der Waals surface area contributed by atoms with Crippen LogP contribution in [0, 0.1) is 11.8 Å². The number of rotatable bonds is 5. The molecule has 0 spiro atoms. The first-order valence-electron chi connectivity index (χ1n) is 12.0. The summed E-state index contributed by atoms with van der Waals surface area (Å²) in [5.74, 6) is 1.94. The van der Waals surface area contributed by atoms with E-state index in [4.69, 9.17) is 4.74 Å². The van der Waals surface area contributed by atoms with Gasteiger partial charge in [0.25, 0.3) is 5.56 Å². The van der Waals surface area contributed by atoms with Gasteiger partial charge >= 0.3 is 5.69 Å². The van der Waals surface area contributed by atoms with Crippen LogP contribution in [-0.2, 0) is 13.0 Å². The van der Waals surface area contributed by atoms with Crippen LogP contribution >= 0.6 is 11.3 Å². The molecular formula is C26H28N4O3S. The number of pyridine rings is 1. The molecule has 4 aromatic rings. The summed E-state index contributed by atoms with van der Waals surface area (Å²) in [5, 5.41) is 3.77. The number of H-pyrrole nitrogens is 1. The third-order valence-corrected chi connectivity index (χ3v) is 8.95. The van der Waals surface area contributed by atoms with E-state index in [1.54, 1.807) is 13.3 Å². The quantitative estimate of drug-likeness (QED) is 0.459. The van der Waals surface area contributed by atoms with E-state index < -0.39 is 0 Å². The van der Waals surface area contributed by atoms with Gasteiger partial charge in [0.15, 0.2) is 0 Å². The van der Waals surface area contributed by atoms with Crippen LogP contribution in [0.3, 0.4) is 0 Å². The van der Waals surface area contributed by atoms with Crippen molar-refractivity contribution in [1.29, 1.82) is 0 Å². The monoisotopic (exact) mass is 476 g/mol. The fraction of sp³-hybridized carbons (Fsp3) is 0.423. The van der Waals surface area contributed by atoms with Crippen molar-refractivity contribution in [2.45, 2.75) is 44.7 Å². The summed E-state index contributed by atoms with van der Waals surface area (Å²) in [6, 6.07) is 10.3. The molecule has 1 saturated heterocycles. The molecule has 2 aliphatic rings. The van der Waals surface area contributed by atoms with Crippen LogP contribution in [0.4, 0.5) is 0 Å². The summed E-state index contributed by atoms with van der Waals surface area (Å²) in [5.41, 5.74) is 3.31. The number of benzene rings is 1. The van der Waals surface area contributed by atoms with Crippen molar-refractivity contribution in [3.05, 3.63) is 68.5 Å². The number of nitrogens with zero attached hydrogens (tertiary/aromatic N) is 2. The first kappa shape index (κ1) is 21.6. The van der Waals surface area contributed by atoms with Crippen molar-refractivity contribution in [1.82, 2.24) is 19.9 Å². The summed E-state index contributed by atoms with van der Waals surface area (Å²) in [4.78, 5) is 33.9. The summed E-state index contributed by atoms with van der Waals surface area (Å²) >= 11 is 1.39. The third kappa shape index (κ3) is 3.23. The summed E-state index contributed by atoms with van der Waals surface area (Å²) < 4.78 is 8.63. The van der Waals surface area contributed by atoms with Crippen LogP contribution in [0.15, 0.2) is 46.1 Å². The second-order valence-electron chi connectivity index (χ2n) is 9.46.